The summed E-state index contributed by atoms with van der Waals surface area (Å²) in [6.45, 7) is 10.3. The fourth-order valence-electron chi connectivity index (χ4n) is 3.14. The summed E-state index contributed by atoms with van der Waals surface area (Å²) >= 11 is 0. The van der Waals surface area contributed by atoms with E-state index in [0.717, 1.165) is 25.0 Å². The second-order valence-corrected chi connectivity index (χ2v) is 9.89. The smallest absolute Gasteiger partial charge is 0.191 e. The van der Waals surface area contributed by atoms with Crippen molar-refractivity contribution in [3.8, 4) is 0 Å². The summed E-state index contributed by atoms with van der Waals surface area (Å²) in [4.78, 5) is 4.76. The van der Waals surface area contributed by atoms with Gasteiger partial charge in [-0.15, -0.1) is 0 Å². The van der Waals surface area contributed by atoms with Crippen molar-refractivity contribution in [3.63, 3.8) is 0 Å². The first kappa shape index (κ1) is 20.3. The molecule has 0 aliphatic heterocycles. The van der Waals surface area contributed by atoms with Crippen molar-refractivity contribution in [1.29, 1.82) is 0 Å². The number of guanidine groups is 1. The predicted octanol–water partition coefficient (Wildman–Crippen LogP) is 2.58. The molecular weight excluding hydrogens is 310 g/mol. The van der Waals surface area contributed by atoms with Crippen LogP contribution in [-0.2, 0) is 9.84 Å². The highest BCUT2D eigenvalue weighted by atomic mass is 32.2. The molecule has 23 heavy (non-hydrogen) atoms. The van der Waals surface area contributed by atoms with Crippen molar-refractivity contribution in [3.05, 3.63) is 0 Å². The van der Waals surface area contributed by atoms with Gasteiger partial charge in [0.2, 0.25) is 0 Å². The van der Waals surface area contributed by atoms with E-state index in [1.54, 1.807) is 0 Å². The van der Waals surface area contributed by atoms with Crippen LogP contribution < -0.4 is 10.6 Å². The largest absolute Gasteiger partial charge is 0.357 e. The van der Waals surface area contributed by atoms with Gasteiger partial charge in [0, 0.05) is 25.4 Å². The van der Waals surface area contributed by atoms with Gasteiger partial charge in [-0.05, 0) is 44.4 Å². The van der Waals surface area contributed by atoms with E-state index in [4.69, 9.17) is 4.99 Å². The number of hydrogen-bond donors (Lipinski definition) is 2. The highest BCUT2D eigenvalue weighted by molar-refractivity contribution is 7.90. The number of aliphatic imine (C=N–C) groups is 1. The molecule has 0 bridgehead atoms. The Kier molecular flexibility index (Phi) is 7.84. The van der Waals surface area contributed by atoms with Gasteiger partial charge in [0.25, 0.3) is 0 Å². The van der Waals surface area contributed by atoms with Crippen LogP contribution in [0.4, 0.5) is 0 Å². The average Bonchev–Trinajstić information content (AvgIpc) is 2.97. The summed E-state index contributed by atoms with van der Waals surface area (Å²) in [7, 11) is -2.91. The highest BCUT2D eigenvalue weighted by Crippen LogP contribution is 2.39. The molecule has 1 saturated carbocycles. The third kappa shape index (κ3) is 8.04. The van der Waals surface area contributed by atoms with Gasteiger partial charge in [-0.25, -0.2) is 8.42 Å². The van der Waals surface area contributed by atoms with Crippen LogP contribution in [0.5, 0.6) is 0 Å². The Labute approximate surface area is 142 Å². The van der Waals surface area contributed by atoms with Crippen LogP contribution in [0.1, 0.15) is 59.8 Å². The lowest BCUT2D eigenvalue weighted by Gasteiger charge is -2.30. The summed E-state index contributed by atoms with van der Waals surface area (Å²) in [5.74, 6) is 1.75. The van der Waals surface area contributed by atoms with Crippen molar-refractivity contribution in [1.82, 2.24) is 10.6 Å². The summed E-state index contributed by atoms with van der Waals surface area (Å²) in [6, 6.07) is 0.0807. The number of nitrogens with one attached hydrogen (secondary N) is 2. The zero-order valence-corrected chi connectivity index (χ0v) is 16.3. The number of sulfone groups is 1. The van der Waals surface area contributed by atoms with Crippen LogP contribution in [0.25, 0.3) is 0 Å². The zero-order valence-electron chi connectivity index (χ0n) is 15.5. The number of rotatable bonds is 8. The molecule has 0 heterocycles. The summed E-state index contributed by atoms with van der Waals surface area (Å²) in [5, 5.41) is 6.59. The van der Waals surface area contributed by atoms with Crippen molar-refractivity contribution in [2.45, 2.75) is 65.8 Å². The maximum absolute atomic E-state index is 11.3. The molecule has 1 fully saturated rings. The molecule has 136 valence electrons. The lowest BCUT2D eigenvalue weighted by Crippen LogP contribution is -2.43. The van der Waals surface area contributed by atoms with Gasteiger partial charge in [-0.2, -0.15) is 0 Å². The van der Waals surface area contributed by atoms with Crippen LogP contribution in [0.15, 0.2) is 4.99 Å². The second-order valence-electron chi connectivity index (χ2n) is 7.63. The summed E-state index contributed by atoms with van der Waals surface area (Å²) < 4.78 is 22.6. The maximum Gasteiger partial charge on any atom is 0.191 e. The quantitative estimate of drug-likeness (QED) is 0.524. The van der Waals surface area contributed by atoms with Crippen LogP contribution in [0, 0.1) is 11.3 Å². The van der Waals surface area contributed by atoms with Gasteiger partial charge < -0.3 is 10.6 Å². The van der Waals surface area contributed by atoms with Gasteiger partial charge in [-0.3, -0.25) is 4.99 Å². The fraction of sp³-hybridized carbons (Fsp3) is 0.941. The average molecular weight is 346 g/mol. The van der Waals surface area contributed by atoms with Crippen LogP contribution in [0.2, 0.25) is 0 Å². The fourth-order valence-corrected chi connectivity index (χ4v) is 3.92. The normalized spacial score (nSPS) is 18.9. The van der Waals surface area contributed by atoms with E-state index in [1.807, 2.05) is 13.8 Å². The first-order chi connectivity index (χ1) is 10.6. The Morgan fingerprint density at radius 3 is 2.43 bits per heavy atom. The van der Waals surface area contributed by atoms with E-state index >= 15 is 0 Å². The molecule has 5 nitrogen and oxygen atoms in total. The van der Waals surface area contributed by atoms with Crippen LogP contribution >= 0.6 is 0 Å². The first-order valence-corrected chi connectivity index (χ1v) is 10.9. The SMILES string of the molecule is CCNC(=NCC(C)(C)C1CCCC1)NC(C)CCS(C)(=O)=O. The minimum Gasteiger partial charge on any atom is -0.357 e. The standard InChI is InChI=1S/C17H35N3O2S/c1-6-18-16(20-14(2)11-12-23(5,21)22)19-13-17(3,4)15-9-7-8-10-15/h14-15H,6-13H2,1-5H3,(H2,18,19,20). The number of nitrogens with zero attached hydrogens (tertiary/aromatic N) is 1. The van der Waals surface area contributed by atoms with Gasteiger partial charge in [0.1, 0.15) is 9.84 Å². The van der Waals surface area contributed by atoms with E-state index in [9.17, 15) is 8.42 Å². The Balaban J connectivity index is 2.58. The summed E-state index contributed by atoms with van der Waals surface area (Å²) in [6.07, 6.45) is 7.20. The molecule has 0 saturated heterocycles. The Morgan fingerprint density at radius 2 is 1.91 bits per heavy atom. The lowest BCUT2D eigenvalue weighted by molar-refractivity contribution is 0.227. The second kappa shape index (κ2) is 8.90. The molecule has 0 aromatic carbocycles. The van der Waals surface area contributed by atoms with Crippen molar-refractivity contribution >= 4 is 15.8 Å². The predicted molar refractivity (Wildman–Crippen MR) is 98.6 cm³/mol. The van der Waals surface area contributed by atoms with Gasteiger partial charge in [0.15, 0.2) is 5.96 Å². The van der Waals surface area contributed by atoms with Crippen LogP contribution in [0.3, 0.4) is 0 Å². The van der Waals surface area contributed by atoms with Crippen LogP contribution in [-0.4, -0.2) is 45.5 Å². The topological polar surface area (TPSA) is 70.6 Å². The van der Waals surface area contributed by atoms with Gasteiger partial charge in [0.05, 0.1) is 5.75 Å². The third-order valence-electron chi connectivity index (χ3n) is 4.75. The Hall–Kier alpha value is -0.780. The van der Waals surface area contributed by atoms with E-state index in [-0.39, 0.29) is 17.2 Å². The monoisotopic (exact) mass is 345 g/mol. The lowest BCUT2D eigenvalue weighted by atomic mass is 9.78. The van der Waals surface area contributed by atoms with Gasteiger partial charge >= 0.3 is 0 Å². The first-order valence-electron chi connectivity index (χ1n) is 8.86. The van der Waals surface area contributed by atoms with E-state index in [2.05, 4.69) is 24.5 Å². The van der Waals surface area contributed by atoms with Gasteiger partial charge in [-0.1, -0.05) is 26.7 Å². The molecule has 1 aliphatic carbocycles. The van der Waals surface area contributed by atoms with E-state index in [0.29, 0.717) is 6.42 Å². The molecule has 1 aliphatic rings. The molecule has 6 heteroatoms. The summed E-state index contributed by atoms with van der Waals surface area (Å²) in [5.41, 5.74) is 0.217. The minimum atomic E-state index is -2.91. The minimum absolute atomic E-state index is 0.0807. The molecule has 1 atom stereocenters. The molecule has 2 N–H and O–H groups in total. The molecule has 1 unspecified atom stereocenters. The van der Waals surface area contributed by atoms with Crippen molar-refractivity contribution in [2.75, 3.05) is 25.1 Å². The Bertz CT molecular complexity index is 480. The third-order valence-corrected chi connectivity index (χ3v) is 5.73. The molecule has 0 radical (unpaired) electrons. The van der Waals surface area contributed by atoms with Crippen molar-refractivity contribution < 1.29 is 8.42 Å². The Morgan fingerprint density at radius 1 is 1.30 bits per heavy atom. The molecule has 0 amide bonds. The maximum atomic E-state index is 11.3. The molecule has 0 aromatic heterocycles. The molecule has 1 rings (SSSR count). The molecule has 0 spiro atoms. The van der Waals surface area contributed by atoms with E-state index < -0.39 is 9.84 Å². The highest BCUT2D eigenvalue weighted by Gasteiger charge is 2.31. The molecular formula is C17H35N3O2S. The van der Waals surface area contributed by atoms with Crippen molar-refractivity contribution in [2.24, 2.45) is 16.3 Å². The number of hydrogen-bond acceptors (Lipinski definition) is 3. The molecule has 0 aromatic rings. The van der Waals surface area contributed by atoms with E-state index in [1.165, 1.54) is 31.9 Å². The zero-order chi connectivity index (χ0) is 17.5.